The minimum Gasteiger partial charge on any atom is -1.00 e. The Morgan fingerprint density at radius 3 is 1.58 bits per heavy atom. The zero-order valence-electron chi connectivity index (χ0n) is 36.4. The second kappa shape index (κ2) is 19.0. The van der Waals surface area contributed by atoms with E-state index in [1.54, 1.807) is 0 Å². The van der Waals surface area contributed by atoms with E-state index >= 15 is 0 Å². The molecule has 0 radical (unpaired) electrons. The number of hydrogen-bond acceptors (Lipinski definition) is 0. The molecule has 0 heterocycles. The zero-order valence-corrected chi connectivity index (χ0v) is 40.4. The predicted molar refractivity (Wildman–Crippen MR) is 224 cm³/mol. The second-order valence-electron chi connectivity index (χ2n) is 20.0. The molecule has 53 heavy (non-hydrogen) atoms. The van der Waals surface area contributed by atoms with Gasteiger partial charge in [-0.25, -0.2) is 6.07 Å². The average molecular weight is 833 g/mol. The van der Waals surface area contributed by atoms with Crippen molar-refractivity contribution in [2.45, 2.75) is 170 Å². The van der Waals surface area contributed by atoms with E-state index < -0.39 is 0 Å². The summed E-state index contributed by atoms with van der Waals surface area (Å²) >= 11 is 1.51. The van der Waals surface area contributed by atoms with Gasteiger partial charge in [-0.1, -0.05) is 159 Å². The maximum atomic E-state index is 3.90. The van der Waals surface area contributed by atoms with Gasteiger partial charge in [0.2, 0.25) is 0 Å². The van der Waals surface area contributed by atoms with Crippen LogP contribution in [-0.2, 0) is 64.2 Å². The summed E-state index contributed by atoms with van der Waals surface area (Å²) < 4.78 is 1.46. The number of rotatable bonds is 4. The van der Waals surface area contributed by atoms with Gasteiger partial charge in [0.25, 0.3) is 0 Å². The van der Waals surface area contributed by atoms with Crippen LogP contribution < -0.4 is 24.8 Å². The summed E-state index contributed by atoms with van der Waals surface area (Å²) in [6.07, 6.45) is 4.85. The third-order valence-corrected chi connectivity index (χ3v) is 10.7. The van der Waals surface area contributed by atoms with Crippen molar-refractivity contribution < 1.29 is 49.0 Å². The van der Waals surface area contributed by atoms with Crippen molar-refractivity contribution in [2.24, 2.45) is 0 Å². The summed E-state index contributed by atoms with van der Waals surface area (Å²) in [5, 5.41) is 0. The van der Waals surface area contributed by atoms with Crippen molar-refractivity contribution in [3.63, 3.8) is 0 Å². The Morgan fingerprint density at radius 2 is 1.17 bits per heavy atom. The maximum Gasteiger partial charge on any atom is -1.00 e. The van der Waals surface area contributed by atoms with E-state index in [1.165, 1.54) is 108 Å². The first-order chi connectivity index (χ1) is 23.2. The van der Waals surface area contributed by atoms with Gasteiger partial charge >= 0.3 is 70.3 Å². The van der Waals surface area contributed by atoms with Gasteiger partial charge < -0.3 is 24.8 Å². The molecule has 4 aromatic carbocycles. The van der Waals surface area contributed by atoms with E-state index in [2.05, 4.69) is 184 Å². The first kappa shape index (κ1) is 49.4. The van der Waals surface area contributed by atoms with Crippen molar-refractivity contribution in [3.8, 4) is 11.1 Å². The Balaban J connectivity index is 0.000000483. The fourth-order valence-corrected chi connectivity index (χ4v) is 7.22. The van der Waals surface area contributed by atoms with Gasteiger partial charge in [-0.15, -0.1) is 16.7 Å². The van der Waals surface area contributed by atoms with Crippen LogP contribution in [0.25, 0.3) is 11.1 Å². The number of hydrogen-bond donors (Lipinski definition) is 0. The molecular formula is C50H70Cl2Zr-2. The van der Waals surface area contributed by atoms with Crippen LogP contribution in [0, 0.1) is 6.07 Å². The average Bonchev–Trinajstić information content (AvgIpc) is 3.63. The molecule has 0 saturated heterocycles. The van der Waals surface area contributed by atoms with E-state index in [4.69, 9.17) is 0 Å². The first-order valence-electron chi connectivity index (χ1n) is 19.4. The van der Waals surface area contributed by atoms with Crippen LogP contribution in [0.1, 0.15) is 181 Å². The molecule has 0 unspecified atom stereocenters. The largest absolute Gasteiger partial charge is 1.00 e. The van der Waals surface area contributed by atoms with Crippen LogP contribution in [0.2, 0.25) is 0 Å². The van der Waals surface area contributed by atoms with Crippen LogP contribution in [0.5, 0.6) is 0 Å². The van der Waals surface area contributed by atoms with Crippen LogP contribution in [0.4, 0.5) is 0 Å². The van der Waals surface area contributed by atoms with Crippen molar-refractivity contribution >= 4 is 3.21 Å². The van der Waals surface area contributed by atoms with Gasteiger partial charge in [0.15, 0.2) is 0 Å². The number of fused-ring (bicyclic) bond motifs is 3. The Bertz CT molecular complexity index is 1690. The summed E-state index contributed by atoms with van der Waals surface area (Å²) in [5.74, 6) is 0. The molecule has 1 aliphatic rings. The molecule has 1 aliphatic carbocycles. The molecule has 0 atom stereocenters. The fourth-order valence-electron chi connectivity index (χ4n) is 6.81. The third kappa shape index (κ3) is 13.5. The molecule has 0 aliphatic heterocycles. The molecule has 290 valence electrons. The van der Waals surface area contributed by atoms with E-state index in [1.807, 2.05) is 6.07 Å². The van der Waals surface area contributed by atoms with E-state index in [0.717, 1.165) is 6.42 Å². The van der Waals surface area contributed by atoms with E-state index in [9.17, 15) is 0 Å². The monoisotopic (exact) mass is 830 g/mol. The first-order valence-corrected chi connectivity index (χ1v) is 20.6. The second-order valence-corrected chi connectivity index (χ2v) is 21.9. The quantitative estimate of drug-likeness (QED) is 0.161. The summed E-state index contributed by atoms with van der Waals surface area (Å²) in [7, 11) is 0. The van der Waals surface area contributed by atoms with Gasteiger partial charge in [-0.05, 0) is 39.4 Å². The third-order valence-electron chi connectivity index (χ3n) is 9.94. The van der Waals surface area contributed by atoms with Crippen molar-refractivity contribution in [1.29, 1.82) is 0 Å². The molecule has 0 bridgehead atoms. The molecule has 0 amide bonds. The van der Waals surface area contributed by atoms with Crippen molar-refractivity contribution in [3.05, 3.63) is 123 Å². The van der Waals surface area contributed by atoms with Gasteiger partial charge in [0.1, 0.15) is 0 Å². The molecule has 4 aromatic rings. The number of benzene rings is 3. The SMILES string of the molecule is CC(C)(C)c1[c-]c2c(cc1C(C)(C)C)-c1cc(C(C)(C)C)c(C(C)(C)C)cc1C2.CCCCc1cc(C(C)(C)C)c[cH-]1.C[C](=[Zr+2])c1ccccc1.[Cl-].[Cl-]. The summed E-state index contributed by atoms with van der Waals surface area (Å²) in [4.78, 5) is 0. The standard InChI is InChI=1S/C29H41.C13H21.C8H8.2ClH.Zr/c1-26(2,3)22-14-18-13-19-15-23(27(4,5)6)25(29(10,11)12)17-21(19)20(18)16-24(22)28(7,8)9;1-5-6-7-11-8-9-12(10-11)13(2,3)4;1-2-8-6-4-3-5-7-8;;;/h14,16-17H,13H2,1-12H3;8-10H,5-7H2,1-4H3;3-7H,1H3;2*1H;/q2*-1;;;;+2/p-2. The summed E-state index contributed by atoms with van der Waals surface area (Å²) in [6.45, 7) is 39.2. The van der Waals surface area contributed by atoms with E-state index in [-0.39, 0.29) is 46.5 Å². The molecule has 0 fully saturated rings. The number of halogens is 2. The van der Waals surface area contributed by atoms with Gasteiger partial charge in [-0.3, -0.25) is 0 Å². The minimum atomic E-state index is 0. The Kier molecular flexibility index (Phi) is 17.7. The smallest absolute Gasteiger partial charge is 1.00 e. The molecule has 0 aromatic heterocycles. The van der Waals surface area contributed by atoms with Gasteiger partial charge in [0.05, 0.1) is 0 Å². The molecule has 5 rings (SSSR count). The van der Waals surface area contributed by atoms with E-state index in [0.29, 0.717) is 5.41 Å². The molecule has 0 spiro atoms. The van der Waals surface area contributed by atoms with Crippen LogP contribution in [0.3, 0.4) is 0 Å². The van der Waals surface area contributed by atoms with Crippen LogP contribution in [-0.4, -0.2) is 3.21 Å². The van der Waals surface area contributed by atoms with Crippen molar-refractivity contribution in [1.82, 2.24) is 0 Å². The summed E-state index contributed by atoms with van der Waals surface area (Å²) in [5.41, 5.74) is 16.6. The minimum absolute atomic E-state index is 0. The Morgan fingerprint density at radius 1 is 0.660 bits per heavy atom. The summed E-state index contributed by atoms with van der Waals surface area (Å²) in [6, 6.07) is 28.8. The van der Waals surface area contributed by atoms with Crippen LogP contribution >= 0.6 is 0 Å². The van der Waals surface area contributed by atoms with Gasteiger partial charge in [-0.2, -0.15) is 41.0 Å². The van der Waals surface area contributed by atoms with Crippen molar-refractivity contribution in [2.75, 3.05) is 0 Å². The fraction of sp³-hybridized carbons (Fsp3) is 0.520. The normalized spacial score (nSPS) is 12.6. The Hall–Kier alpha value is -1.66. The zero-order chi connectivity index (χ0) is 38.7. The number of unbranched alkanes of at least 4 members (excludes halogenated alkanes) is 1. The predicted octanol–water partition coefficient (Wildman–Crippen LogP) is 8.08. The topological polar surface area (TPSA) is 0 Å². The van der Waals surface area contributed by atoms with Crippen LogP contribution in [0.15, 0.2) is 66.7 Å². The molecule has 0 saturated carbocycles. The molecular weight excluding hydrogens is 763 g/mol. The molecule has 3 heteroatoms. The molecule has 0 nitrogen and oxygen atoms in total. The van der Waals surface area contributed by atoms with Gasteiger partial charge in [0, 0.05) is 0 Å². The number of aryl methyl sites for hydroxylation is 1. The molecule has 0 N–H and O–H groups in total. The Labute approximate surface area is 354 Å². The maximum absolute atomic E-state index is 3.90.